The highest BCUT2D eigenvalue weighted by Gasteiger charge is 2.60. The highest BCUT2D eigenvalue weighted by Crippen LogP contribution is 2.51. The molecule has 0 aliphatic carbocycles. The molecular formula is C17H18FN3O4S2. The molecule has 1 amide bonds. The maximum atomic E-state index is 12.5. The molecule has 27 heavy (non-hydrogen) atoms. The van der Waals surface area contributed by atoms with Crippen molar-refractivity contribution in [3.05, 3.63) is 23.1 Å². The van der Waals surface area contributed by atoms with Crippen LogP contribution < -0.4 is 0 Å². The number of thiazole rings is 1. The Morgan fingerprint density at radius 3 is 2.89 bits per heavy atom. The number of halogens is 1. The van der Waals surface area contributed by atoms with Gasteiger partial charge >= 0.3 is 5.97 Å². The summed E-state index contributed by atoms with van der Waals surface area (Å²) in [6.07, 6.45) is 2.59. The zero-order valence-corrected chi connectivity index (χ0v) is 16.3. The van der Waals surface area contributed by atoms with Crippen LogP contribution in [0.4, 0.5) is 4.39 Å². The SMILES string of the molecule is C[C@@H](O)[C@H]1C(=O)N2C(C(=O)O)=C(c3cn4cnc(SCCF)c4s3)[C@H](C)[C@@H]12. The van der Waals surface area contributed by atoms with E-state index in [1.807, 2.05) is 6.92 Å². The van der Waals surface area contributed by atoms with Gasteiger partial charge in [0.15, 0.2) is 0 Å². The number of fused-ring (bicyclic) bond motifs is 2. The second-order valence-corrected chi connectivity index (χ2v) is 8.83. The van der Waals surface area contributed by atoms with E-state index in [-0.39, 0.29) is 23.6 Å². The monoisotopic (exact) mass is 411 g/mol. The van der Waals surface area contributed by atoms with Crippen LogP contribution in [0.2, 0.25) is 0 Å². The summed E-state index contributed by atoms with van der Waals surface area (Å²) >= 11 is 2.69. The second kappa shape index (κ2) is 6.61. The van der Waals surface area contributed by atoms with Gasteiger partial charge in [-0.25, -0.2) is 9.78 Å². The quantitative estimate of drug-likeness (QED) is 0.558. The van der Waals surface area contributed by atoms with Crippen LogP contribution in [0.1, 0.15) is 18.7 Å². The number of β-lactam (4-membered cyclic amide) rings is 1. The van der Waals surface area contributed by atoms with Crippen molar-refractivity contribution in [2.24, 2.45) is 11.8 Å². The number of alkyl halides is 1. The van der Waals surface area contributed by atoms with Gasteiger partial charge in [0.25, 0.3) is 0 Å². The lowest BCUT2D eigenvalue weighted by Gasteiger charge is -2.46. The normalized spacial score (nSPS) is 25.9. The van der Waals surface area contributed by atoms with E-state index in [4.69, 9.17) is 0 Å². The first kappa shape index (κ1) is 18.5. The number of aliphatic carboxylic acids is 1. The van der Waals surface area contributed by atoms with E-state index in [9.17, 15) is 24.2 Å². The first-order valence-electron chi connectivity index (χ1n) is 8.51. The minimum Gasteiger partial charge on any atom is -0.477 e. The van der Waals surface area contributed by atoms with Gasteiger partial charge in [0.1, 0.15) is 21.9 Å². The van der Waals surface area contributed by atoms with Crippen molar-refractivity contribution in [1.82, 2.24) is 14.3 Å². The molecule has 144 valence electrons. The number of aliphatic hydroxyl groups is 1. The van der Waals surface area contributed by atoms with Gasteiger partial charge in [-0.05, 0) is 6.92 Å². The largest absolute Gasteiger partial charge is 0.477 e. The van der Waals surface area contributed by atoms with Crippen molar-refractivity contribution >= 4 is 45.4 Å². The summed E-state index contributed by atoms with van der Waals surface area (Å²) < 4.78 is 14.3. The van der Waals surface area contributed by atoms with E-state index in [1.165, 1.54) is 28.0 Å². The van der Waals surface area contributed by atoms with Crippen LogP contribution >= 0.6 is 23.1 Å². The molecular weight excluding hydrogens is 393 g/mol. The number of rotatable bonds is 6. The van der Waals surface area contributed by atoms with E-state index < -0.39 is 24.7 Å². The summed E-state index contributed by atoms with van der Waals surface area (Å²) in [5.74, 6) is -2.00. The summed E-state index contributed by atoms with van der Waals surface area (Å²) in [5, 5.41) is 20.4. The Balaban J connectivity index is 1.78. The molecule has 1 saturated heterocycles. The number of carbonyl (C=O) groups excluding carboxylic acids is 1. The van der Waals surface area contributed by atoms with E-state index in [0.29, 0.717) is 16.4 Å². The molecule has 2 aromatic rings. The predicted molar refractivity (Wildman–Crippen MR) is 99.3 cm³/mol. The summed E-state index contributed by atoms with van der Waals surface area (Å²) in [5.41, 5.74) is 0.587. The summed E-state index contributed by atoms with van der Waals surface area (Å²) in [6.45, 7) is 2.99. The van der Waals surface area contributed by atoms with Crippen molar-refractivity contribution in [2.75, 3.05) is 12.4 Å². The number of aromatic nitrogens is 2. The Morgan fingerprint density at radius 1 is 1.52 bits per heavy atom. The Morgan fingerprint density at radius 2 is 2.26 bits per heavy atom. The van der Waals surface area contributed by atoms with Gasteiger partial charge in [-0.2, -0.15) is 0 Å². The Labute approximate surface area is 162 Å². The van der Waals surface area contributed by atoms with Crippen LogP contribution in [0, 0.1) is 11.8 Å². The summed E-state index contributed by atoms with van der Waals surface area (Å²) in [4.78, 5) is 31.5. The molecule has 1 fully saturated rings. The van der Waals surface area contributed by atoms with E-state index in [1.54, 1.807) is 23.8 Å². The van der Waals surface area contributed by atoms with Crippen LogP contribution in [0.15, 0.2) is 23.2 Å². The van der Waals surface area contributed by atoms with Gasteiger partial charge < -0.3 is 15.1 Å². The maximum Gasteiger partial charge on any atom is 0.352 e. The number of carboxylic acids is 1. The number of carboxylic acid groups (broad SMARTS) is 1. The minimum absolute atomic E-state index is 0.00942. The highest BCUT2D eigenvalue weighted by molar-refractivity contribution is 7.99. The third-order valence-corrected chi connectivity index (χ3v) is 7.34. The molecule has 2 N–H and O–H groups in total. The zero-order chi connectivity index (χ0) is 19.5. The van der Waals surface area contributed by atoms with Gasteiger partial charge in [-0.15, -0.1) is 23.1 Å². The van der Waals surface area contributed by atoms with Crippen molar-refractivity contribution in [3.8, 4) is 0 Å². The van der Waals surface area contributed by atoms with Gasteiger partial charge in [-0.3, -0.25) is 13.6 Å². The fourth-order valence-corrected chi connectivity index (χ4v) is 6.07. The van der Waals surface area contributed by atoms with Crippen LogP contribution in [0.25, 0.3) is 10.4 Å². The second-order valence-electron chi connectivity index (χ2n) is 6.72. The van der Waals surface area contributed by atoms with Crippen molar-refractivity contribution in [1.29, 1.82) is 0 Å². The van der Waals surface area contributed by atoms with Crippen LogP contribution in [0.3, 0.4) is 0 Å². The van der Waals surface area contributed by atoms with Gasteiger partial charge in [-0.1, -0.05) is 6.92 Å². The molecule has 0 spiro atoms. The molecule has 0 bridgehead atoms. The Hall–Kier alpha value is -1.91. The van der Waals surface area contributed by atoms with Crippen molar-refractivity contribution < 1.29 is 24.2 Å². The first-order valence-corrected chi connectivity index (χ1v) is 10.3. The number of imidazole rings is 1. The molecule has 2 aliphatic heterocycles. The van der Waals surface area contributed by atoms with Crippen molar-refractivity contribution in [2.45, 2.75) is 31.0 Å². The standard InChI is InChI=1S/C17H18FN3O4S2/c1-7-10(9-5-20-6-19-14(16(20)27-9)26-4-3-18)13(17(24)25)21-12(7)11(8(2)22)15(21)23/h5-8,11-12,22H,3-4H2,1-2H3,(H,24,25)/t7-,8+,11+,12-/m0/s1. The zero-order valence-electron chi connectivity index (χ0n) is 14.6. The number of nitrogens with zero attached hydrogens (tertiary/aromatic N) is 3. The van der Waals surface area contributed by atoms with Gasteiger partial charge in [0.2, 0.25) is 5.91 Å². The molecule has 2 aromatic heterocycles. The lowest BCUT2D eigenvalue weighted by atomic mass is 9.77. The maximum absolute atomic E-state index is 12.5. The van der Waals surface area contributed by atoms with E-state index >= 15 is 0 Å². The highest BCUT2D eigenvalue weighted by atomic mass is 32.2. The van der Waals surface area contributed by atoms with Gasteiger partial charge in [0, 0.05) is 23.4 Å². The summed E-state index contributed by atoms with van der Waals surface area (Å²) in [6, 6.07) is -0.349. The van der Waals surface area contributed by atoms with Gasteiger partial charge in [0.05, 0.1) is 29.6 Å². The first-order chi connectivity index (χ1) is 12.9. The molecule has 7 nitrogen and oxygen atoms in total. The number of aliphatic hydroxyl groups excluding tert-OH is 1. The lowest BCUT2D eigenvalue weighted by molar-refractivity contribution is -0.163. The van der Waals surface area contributed by atoms with E-state index in [0.717, 1.165) is 9.71 Å². The fourth-order valence-electron chi connectivity index (χ4n) is 4.03. The number of hydrogen-bond acceptors (Lipinski definition) is 6. The third kappa shape index (κ3) is 2.61. The van der Waals surface area contributed by atoms with E-state index in [2.05, 4.69) is 4.98 Å². The number of carbonyl (C=O) groups is 2. The number of thioether (sulfide) groups is 1. The molecule has 0 aromatic carbocycles. The summed E-state index contributed by atoms with van der Waals surface area (Å²) in [7, 11) is 0. The smallest absolute Gasteiger partial charge is 0.352 e. The number of hydrogen-bond donors (Lipinski definition) is 2. The van der Waals surface area contributed by atoms with Crippen LogP contribution in [-0.2, 0) is 9.59 Å². The molecule has 10 heteroatoms. The predicted octanol–water partition coefficient (Wildman–Crippen LogP) is 2.11. The number of amides is 1. The topological polar surface area (TPSA) is 95.1 Å². The average molecular weight is 411 g/mol. The average Bonchev–Trinajstić information content (AvgIpc) is 3.23. The third-order valence-electron chi connectivity index (χ3n) is 5.14. The molecule has 0 unspecified atom stereocenters. The molecule has 4 heterocycles. The molecule has 2 aliphatic rings. The molecule has 4 rings (SSSR count). The lowest BCUT2D eigenvalue weighted by Crippen LogP contribution is -2.63. The Bertz CT molecular complexity index is 967. The van der Waals surface area contributed by atoms with Crippen molar-refractivity contribution in [3.63, 3.8) is 0 Å². The molecule has 0 radical (unpaired) electrons. The minimum atomic E-state index is -1.15. The molecule has 0 saturated carbocycles. The Kier molecular flexibility index (Phi) is 4.52. The van der Waals surface area contributed by atoms with Crippen LogP contribution in [-0.4, -0.2) is 60.9 Å². The molecule has 4 atom stereocenters. The fraction of sp³-hybridized carbons (Fsp3) is 0.471. The van der Waals surface area contributed by atoms with Crippen LogP contribution in [0.5, 0.6) is 0 Å².